The summed E-state index contributed by atoms with van der Waals surface area (Å²) in [6.45, 7) is 2.04. The Morgan fingerprint density at radius 2 is 2.05 bits per heavy atom. The lowest BCUT2D eigenvalue weighted by Gasteiger charge is -2.02. The van der Waals surface area contributed by atoms with E-state index in [1.807, 2.05) is 0 Å². The predicted molar refractivity (Wildman–Crippen MR) is 72.1 cm³/mol. The van der Waals surface area contributed by atoms with E-state index in [1.54, 1.807) is 12.3 Å². The molecule has 2 rings (SSSR count). The Morgan fingerprint density at radius 1 is 1.35 bits per heavy atom. The van der Waals surface area contributed by atoms with Crippen molar-refractivity contribution in [1.82, 2.24) is 4.98 Å². The van der Waals surface area contributed by atoms with Gasteiger partial charge in [-0.3, -0.25) is 4.79 Å². The van der Waals surface area contributed by atoms with Crippen LogP contribution >= 0.6 is 11.3 Å². The summed E-state index contributed by atoms with van der Waals surface area (Å²) in [7, 11) is 0. The van der Waals surface area contributed by atoms with Crippen molar-refractivity contribution in [2.24, 2.45) is 0 Å². The molecule has 4 nitrogen and oxygen atoms in total. The molecule has 0 saturated carbocycles. The Labute approximate surface area is 118 Å². The zero-order valence-electron chi connectivity index (χ0n) is 10.7. The second-order valence-electron chi connectivity index (χ2n) is 3.91. The van der Waals surface area contributed by atoms with Gasteiger partial charge in [-0.25, -0.2) is 13.8 Å². The summed E-state index contributed by atoms with van der Waals surface area (Å²) < 4.78 is 30.9. The van der Waals surface area contributed by atoms with Gasteiger partial charge < -0.3 is 10.1 Å². The summed E-state index contributed by atoms with van der Waals surface area (Å²) in [5.41, 5.74) is 0.812. The number of carbonyl (C=O) groups excluding carboxylic acids is 1. The van der Waals surface area contributed by atoms with Crippen LogP contribution in [0.1, 0.15) is 12.6 Å². The van der Waals surface area contributed by atoms with Gasteiger partial charge in [-0.15, -0.1) is 11.3 Å². The molecule has 0 spiro atoms. The quantitative estimate of drug-likeness (QED) is 0.861. The predicted octanol–water partition coefficient (Wildman–Crippen LogP) is 3.27. The van der Waals surface area contributed by atoms with E-state index in [0.717, 1.165) is 18.2 Å². The van der Waals surface area contributed by atoms with E-state index in [2.05, 4.69) is 10.3 Å². The second-order valence-corrected chi connectivity index (χ2v) is 4.77. The number of thiazole rings is 1. The molecule has 0 saturated heterocycles. The van der Waals surface area contributed by atoms with Crippen LogP contribution < -0.4 is 5.32 Å². The number of nitrogens with zero attached hydrogens (tertiary/aromatic N) is 1. The fourth-order valence-corrected chi connectivity index (χ4v) is 2.29. The Bertz CT molecular complexity index is 596. The average Bonchev–Trinajstić information content (AvgIpc) is 2.75. The minimum atomic E-state index is -0.671. The zero-order chi connectivity index (χ0) is 14.5. The molecule has 0 radical (unpaired) electrons. The minimum absolute atomic E-state index is 0.0729. The first-order valence-corrected chi connectivity index (χ1v) is 6.78. The number of halogens is 2. The first kappa shape index (κ1) is 14.4. The number of ether oxygens (including phenoxy) is 1. The number of benzene rings is 1. The Kier molecular flexibility index (Phi) is 4.62. The van der Waals surface area contributed by atoms with Crippen LogP contribution in [-0.4, -0.2) is 17.6 Å². The maximum Gasteiger partial charge on any atom is 0.311 e. The van der Waals surface area contributed by atoms with Crippen LogP contribution in [0.25, 0.3) is 0 Å². The molecular weight excluding hydrogens is 286 g/mol. The van der Waals surface area contributed by atoms with Gasteiger partial charge in [-0.2, -0.15) is 0 Å². The fourth-order valence-electron chi connectivity index (χ4n) is 1.55. The van der Waals surface area contributed by atoms with Crippen molar-refractivity contribution in [2.75, 3.05) is 11.9 Å². The van der Waals surface area contributed by atoms with E-state index in [-0.39, 0.29) is 18.1 Å². The van der Waals surface area contributed by atoms with Crippen molar-refractivity contribution in [2.45, 2.75) is 13.3 Å². The SMILES string of the molecule is CCOC(=O)Cc1csc(Nc2cc(F)cc(F)c2)n1. The van der Waals surface area contributed by atoms with Gasteiger partial charge in [0, 0.05) is 17.1 Å². The van der Waals surface area contributed by atoms with Crippen molar-refractivity contribution < 1.29 is 18.3 Å². The highest BCUT2D eigenvalue weighted by molar-refractivity contribution is 7.13. The molecule has 0 bridgehead atoms. The molecule has 0 fully saturated rings. The third-order valence-corrected chi connectivity index (χ3v) is 3.10. The maximum atomic E-state index is 13.0. The van der Waals surface area contributed by atoms with Gasteiger partial charge in [0.05, 0.1) is 18.7 Å². The third-order valence-electron chi connectivity index (χ3n) is 2.30. The summed E-state index contributed by atoms with van der Waals surface area (Å²) in [6.07, 6.45) is 0.0729. The molecule has 0 aliphatic heterocycles. The topological polar surface area (TPSA) is 51.2 Å². The van der Waals surface area contributed by atoms with Crippen LogP contribution in [0.2, 0.25) is 0 Å². The third kappa shape index (κ3) is 3.99. The first-order valence-electron chi connectivity index (χ1n) is 5.90. The molecule has 0 aliphatic carbocycles. The molecule has 1 aromatic carbocycles. The molecule has 0 atom stereocenters. The van der Waals surface area contributed by atoms with Gasteiger partial charge in [-0.05, 0) is 19.1 Å². The molecule has 0 unspecified atom stereocenters. The Balaban J connectivity index is 2.03. The summed E-state index contributed by atoms with van der Waals surface area (Å²) in [5, 5.41) is 4.93. The summed E-state index contributed by atoms with van der Waals surface area (Å²) in [5.74, 6) is -1.70. The van der Waals surface area contributed by atoms with Gasteiger partial charge in [0.15, 0.2) is 5.13 Å². The van der Waals surface area contributed by atoms with Crippen LogP contribution in [0.15, 0.2) is 23.6 Å². The highest BCUT2D eigenvalue weighted by Crippen LogP contribution is 2.22. The van der Waals surface area contributed by atoms with E-state index in [4.69, 9.17) is 4.74 Å². The molecule has 0 amide bonds. The van der Waals surface area contributed by atoms with Crippen LogP contribution in [-0.2, 0) is 16.0 Å². The van der Waals surface area contributed by atoms with E-state index in [0.29, 0.717) is 17.4 Å². The molecular formula is C13H12F2N2O2S. The lowest BCUT2D eigenvalue weighted by Crippen LogP contribution is -2.07. The highest BCUT2D eigenvalue weighted by atomic mass is 32.1. The largest absolute Gasteiger partial charge is 0.466 e. The summed E-state index contributed by atoms with van der Waals surface area (Å²) in [6, 6.07) is 3.12. The molecule has 20 heavy (non-hydrogen) atoms. The van der Waals surface area contributed by atoms with Gasteiger partial charge in [0.2, 0.25) is 0 Å². The van der Waals surface area contributed by atoms with E-state index < -0.39 is 11.6 Å². The van der Waals surface area contributed by atoms with Gasteiger partial charge >= 0.3 is 5.97 Å². The van der Waals surface area contributed by atoms with Crippen LogP contribution in [0.5, 0.6) is 0 Å². The molecule has 1 heterocycles. The molecule has 2 aromatic rings. The van der Waals surface area contributed by atoms with Gasteiger partial charge in [0.25, 0.3) is 0 Å². The molecule has 7 heteroatoms. The zero-order valence-corrected chi connectivity index (χ0v) is 11.5. The average molecular weight is 298 g/mol. The fraction of sp³-hybridized carbons (Fsp3) is 0.231. The number of hydrogen-bond donors (Lipinski definition) is 1. The second kappa shape index (κ2) is 6.42. The van der Waals surface area contributed by atoms with Crippen molar-refractivity contribution in [1.29, 1.82) is 0 Å². The minimum Gasteiger partial charge on any atom is -0.466 e. The molecule has 0 aliphatic rings. The molecule has 106 valence electrons. The van der Waals surface area contributed by atoms with Crippen molar-refractivity contribution in [3.63, 3.8) is 0 Å². The number of nitrogens with one attached hydrogen (secondary N) is 1. The van der Waals surface area contributed by atoms with Gasteiger partial charge in [-0.1, -0.05) is 0 Å². The number of rotatable bonds is 5. The Hall–Kier alpha value is -2.02. The number of carbonyl (C=O) groups is 1. The summed E-state index contributed by atoms with van der Waals surface area (Å²) in [4.78, 5) is 15.4. The van der Waals surface area contributed by atoms with E-state index in [9.17, 15) is 13.6 Å². The number of hydrogen-bond acceptors (Lipinski definition) is 5. The standard InChI is InChI=1S/C13H12F2N2O2S/c1-2-19-12(18)6-11-7-20-13(17-11)16-10-4-8(14)3-9(15)5-10/h3-5,7H,2,6H2,1H3,(H,16,17). The monoisotopic (exact) mass is 298 g/mol. The number of aromatic nitrogens is 1. The van der Waals surface area contributed by atoms with Crippen molar-refractivity contribution in [3.8, 4) is 0 Å². The van der Waals surface area contributed by atoms with Gasteiger partial charge in [0.1, 0.15) is 11.6 Å². The van der Waals surface area contributed by atoms with Crippen LogP contribution in [0.4, 0.5) is 19.6 Å². The Morgan fingerprint density at radius 3 is 2.70 bits per heavy atom. The van der Waals surface area contributed by atoms with Crippen LogP contribution in [0, 0.1) is 11.6 Å². The van der Waals surface area contributed by atoms with Crippen molar-refractivity contribution in [3.05, 3.63) is 40.9 Å². The highest BCUT2D eigenvalue weighted by Gasteiger charge is 2.09. The molecule has 1 aromatic heterocycles. The lowest BCUT2D eigenvalue weighted by atomic mass is 10.3. The molecule has 1 N–H and O–H groups in total. The van der Waals surface area contributed by atoms with E-state index >= 15 is 0 Å². The first-order chi connectivity index (χ1) is 9.56. The number of anilines is 2. The number of esters is 1. The maximum absolute atomic E-state index is 13.0. The summed E-state index contributed by atoms with van der Waals surface area (Å²) >= 11 is 1.24. The normalized spacial score (nSPS) is 10.3. The smallest absolute Gasteiger partial charge is 0.311 e. The van der Waals surface area contributed by atoms with Crippen LogP contribution in [0.3, 0.4) is 0 Å². The lowest BCUT2D eigenvalue weighted by molar-refractivity contribution is -0.142. The van der Waals surface area contributed by atoms with E-state index in [1.165, 1.54) is 11.3 Å². The van der Waals surface area contributed by atoms with Crippen molar-refractivity contribution >= 4 is 28.1 Å².